The second-order valence-electron chi connectivity index (χ2n) is 5.16. The van der Waals surface area contributed by atoms with E-state index in [1.54, 1.807) is 0 Å². The monoisotopic (exact) mass is 316 g/mol. The van der Waals surface area contributed by atoms with Gasteiger partial charge >= 0.3 is 0 Å². The molecule has 3 heteroatoms. The SMILES string of the molecule is CCCc1cccc(-c2cc(Br)nc(C3CC3)n2)c1. The van der Waals surface area contributed by atoms with Crippen LogP contribution in [0.15, 0.2) is 34.9 Å². The summed E-state index contributed by atoms with van der Waals surface area (Å²) in [5, 5.41) is 0. The van der Waals surface area contributed by atoms with Crippen LogP contribution in [0.3, 0.4) is 0 Å². The zero-order valence-corrected chi connectivity index (χ0v) is 12.7. The standard InChI is InChI=1S/C16H17BrN2/c1-2-4-11-5-3-6-13(9-11)14-10-15(17)19-16(18-14)12-7-8-12/h3,5-6,9-10,12H,2,4,7-8H2,1H3. The molecule has 0 saturated heterocycles. The summed E-state index contributed by atoms with van der Waals surface area (Å²) in [4.78, 5) is 9.21. The van der Waals surface area contributed by atoms with Gasteiger partial charge < -0.3 is 0 Å². The highest BCUT2D eigenvalue weighted by Crippen LogP contribution is 2.39. The van der Waals surface area contributed by atoms with Gasteiger partial charge in [-0.25, -0.2) is 9.97 Å². The zero-order valence-electron chi connectivity index (χ0n) is 11.1. The molecule has 1 aliphatic rings. The number of halogens is 1. The molecule has 0 spiro atoms. The van der Waals surface area contributed by atoms with Crippen molar-refractivity contribution < 1.29 is 0 Å². The molecule has 2 nitrogen and oxygen atoms in total. The van der Waals surface area contributed by atoms with E-state index in [9.17, 15) is 0 Å². The quantitative estimate of drug-likeness (QED) is 0.762. The number of hydrogen-bond donors (Lipinski definition) is 0. The Labute approximate surface area is 122 Å². The average Bonchev–Trinajstić information content (AvgIpc) is 3.23. The van der Waals surface area contributed by atoms with Crippen LogP contribution < -0.4 is 0 Å². The Balaban J connectivity index is 1.98. The predicted molar refractivity (Wildman–Crippen MR) is 81.1 cm³/mol. The van der Waals surface area contributed by atoms with Crippen molar-refractivity contribution in [2.75, 3.05) is 0 Å². The smallest absolute Gasteiger partial charge is 0.133 e. The third-order valence-corrected chi connectivity index (χ3v) is 3.82. The fraction of sp³-hybridized carbons (Fsp3) is 0.375. The Hall–Kier alpha value is -1.22. The average molecular weight is 317 g/mol. The first-order valence-electron chi connectivity index (χ1n) is 6.90. The Morgan fingerprint density at radius 2 is 2.05 bits per heavy atom. The van der Waals surface area contributed by atoms with Gasteiger partial charge in [0.15, 0.2) is 0 Å². The summed E-state index contributed by atoms with van der Waals surface area (Å²) in [5.41, 5.74) is 3.60. The Morgan fingerprint density at radius 1 is 1.21 bits per heavy atom. The highest BCUT2D eigenvalue weighted by molar-refractivity contribution is 9.10. The number of hydrogen-bond acceptors (Lipinski definition) is 2. The van der Waals surface area contributed by atoms with Gasteiger partial charge in [0.2, 0.25) is 0 Å². The summed E-state index contributed by atoms with van der Waals surface area (Å²) in [7, 11) is 0. The summed E-state index contributed by atoms with van der Waals surface area (Å²) in [5.74, 6) is 1.57. The maximum atomic E-state index is 4.73. The van der Waals surface area contributed by atoms with E-state index < -0.39 is 0 Å². The molecule has 0 N–H and O–H groups in total. The number of aryl methyl sites for hydroxylation is 1. The highest BCUT2D eigenvalue weighted by Gasteiger charge is 2.27. The minimum absolute atomic E-state index is 0.579. The van der Waals surface area contributed by atoms with Gasteiger partial charge in [-0.15, -0.1) is 0 Å². The van der Waals surface area contributed by atoms with E-state index in [4.69, 9.17) is 4.98 Å². The van der Waals surface area contributed by atoms with Crippen molar-refractivity contribution in [3.05, 3.63) is 46.3 Å². The molecule has 1 aliphatic carbocycles. The minimum atomic E-state index is 0.579. The van der Waals surface area contributed by atoms with Crippen molar-refractivity contribution in [3.63, 3.8) is 0 Å². The Morgan fingerprint density at radius 3 is 2.79 bits per heavy atom. The van der Waals surface area contributed by atoms with E-state index in [0.29, 0.717) is 5.92 Å². The van der Waals surface area contributed by atoms with Crippen LogP contribution >= 0.6 is 15.9 Å². The molecule has 1 aromatic carbocycles. The van der Waals surface area contributed by atoms with E-state index in [-0.39, 0.29) is 0 Å². The van der Waals surface area contributed by atoms with E-state index >= 15 is 0 Å². The van der Waals surface area contributed by atoms with Crippen LogP contribution in [0.5, 0.6) is 0 Å². The third kappa shape index (κ3) is 3.03. The fourth-order valence-electron chi connectivity index (χ4n) is 2.28. The topological polar surface area (TPSA) is 25.8 Å². The third-order valence-electron chi connectivity index (χ3n) is 3.42. The second-order valence-corrected chi connectivity index (χ2v) is 5.97. The lowest BCUT2D eigenvalue weighted by atomic mass is 10.0. The molecule has 19 heavy (non-hydrogen) atoms. The zero-order chi connectivity index (χ0) is 13.2. The molecule has 0 bridgehead atoms. The summed E-state index contributed by atoms with van der Waals surface area (Å²) in [6.07, 6.45) is 4.75. The largest absolute Gasteiger partial charge is 0.233 e. The molecule has 1 saturated carbocycles. The number of aromatic nitrogens is 2. The van der Waals surface area contributed by atoms with E-state index in [2.05, 4.69) is 52.1 Å². The van der Waals surface area contributed by atoms with Crippen molar-refractivity contribution >= 4 is 15.9 Å². The fourth-order valence-corrected chi connectivity index (χ4v) is 2.68. The van der Waals surface area contributed by atoms with Gasteiger partial charge in [0.25, 0.3) is 0 Å². The predicted octanol–water partition coefficient (Wildman–Crippen LogP) is 4.74. The minimum Gasteiger partial charge on any atom is -0.233 e. The van der Waals surface area contributed by atoms with Crippen LogP contribution in [0.1, 0.15) is 43.5 Å². The van der Waals surface area contributed by atoms with Gasteiger partial charge in [0.1, 0.15) is 10.4 Å². The van der Waals surface area contributed by atoms with Crippen LogP contribution in [0.2, 0.25) is 0 Å². The molecule has 1 fully saturated rings. The van der Waals surface area contributed by atoms with Crippen LogP contribution in [-0.2, 0) is 6.42 Å². The van der Waals surface area contributed by atoms with Crippen molar-refractivity contribution in [3.8, 4) is 11.3 Å². The van der Waals surface area contributed by atoms with Crippen molar-refractivity contribution in [2.24, 2.45) is 0 Å². The molecule has 0 radical (unpaired) electrons. The molecule has 0 unspecified atom stereocenters. The molecule has 0 atom stereocenters. The lowest BCUT2D eigenvalue weighted by Crippen LogP contribution is -1.96. The molecular formula is C16H17BrN2. The molecule has 3 rings (SSSR count). The first kappa shape index (κ1) is 12.8. The van der Waals surface area contributed by atoms with E-state index in [1.165, 1.54) is 30.4 Å². The lowest BCUT2D eigenvalue weighted by molar-refractivity contribution is 0.914. The normalized spacial score (nSPS) is 14.6. The summed E-state index contributed by atoms with van der Waals surface area (Å²) in [6, 6.07) is 10.7. The van der Waals surface area contributed by atoms with Gasteiger partial charge in [0.05, 0.1) is 5.69 Å². The molecule has 0 amide bonds. The highest BCUT2D eigenvalue weighted by atomic mass is 79.9. The number of benzene rings is 1. The van der Waals surface area contributed by atoms with Crippen LogP contribution in [-0.4, -0.2) is 9.97 Å². The van der Waals surface area contributed by atoms with Crippen molar-refractivity contribution in [2.45, 2.75) is 38.5 Å². The van der Waals surface area contributed by atoms with Crippen LogP contribution in [0.25, 0.3) is 11.3 Å². The maximum absolute atomic E-state index is 4.73. The van der Waals surface area contributed by atoms with Gasteiger partial charge in [-0.3, -0.25) is 0 Å². The van der Waals surface area contributed by atoms with Crippen LogP contribution in [0.4, 0.5) is 0 Å². The van der Waals surface area contributed by atoms with Gasteiger partial charge in [-0.2, -0.15) is 0 Å². The lowest BCUT2D eigenvalue weighted by Gasteiger charge is -2.06. The number of nitrogens with zero attached hydrogens (tertiary/aromatic N) is 2. The van der Waals surface area contributed by atoms with Gasteiger partial charge in [0, 0.05) is 11.5 Å². The molecule has 0 aliphatic heterocycles. The molecule has 1 heterocycles. The summed E-state index contributed by atoms with van der Waals surface area (Å²) < 4.78 is 0.889. The molecular weight excluding hydrogens is 300 g/mol. The molecule has 2 aromatic rings. The first-order valence-corrected chi connectivity index (χ1v) is 7.69. The van der Waals surface area contributed by atoms with Gasteiger partial charge in [-0.1, -0.05) is 31.5 Å². The summed E-state index contributed by atoms with van der Waals surface area (Å²) >= 11 is 3.50. The number of rotatable bonds is 4. The summed E-state index contributed by atoms with van der Waals surface area (Å²) in [6.45, 7) is 2.21. The van der Waals surface area contributed by atoms with Crippen LogP contribution in [0, 0.1) is 0 Å². The first-order chi connectivity index (χ1) is 9.26. The second kappa shape index (κ2) is 5.41. The molecule has 98 valence electrons. The van der Waals surface area contributed by atoms with E-state index in [0.717, 1.165) is 22.5 Å². The van der Waals surface area contributed by atoms with Gasteiger partial charge in [-0.05, 0) is 52.9 Å². The Bertz CT molecular complexity index is 591. The maximum Gasteiger partial charge on any atom is 0.133 e. The van der Waals surface area contributed by atoms with E-state index in [1.807, 2.05) is 6.07 Å². The molecule has 1 aromatic heterocycles. The van der Waals surface area contributed by atoms with Crippen molar-refractivity contribution in [1.29, 1.82) is 0 Å². The van der Waals surface area contributed by atoms with Crippen molar-refractivity contribution in [1.82, 2.24) is 9.97 Å². The Kier molecular flexibility index (Phi) is 3.65.